The number of thiophene rings is 1. The topological polar surface area (TPSA) is 58.2 Å². The number of hydrogen-bond donors (Lipinski definition) is 2. The highest BCUT2D eigenvalue weighted by molar-refractivity contribution is 7.10. The van der Waals surface area contributed by atoms with E-state index in [1.807, 2.05) is 42.6 Å². The molecule has 2 aromatic rings. The van der Waals surface area contributed by atoms with Gasteiger partial charge in [-0.25, -0.2) is 0 Å². The lowest BCUT2D eigenvalue weighted by Crippen LogP contribution is -2.33. The van der Waals surface area contributed by atoms with Crippen molar-refractivity contribution in [3.63, 3.8) is 0 Å². The summed E-state index contributed by atoms with van der Waals surface area (Å²) >= 11 is 7.67. The fraction of sp³-hybridized carbons (Fsp3) is 0.294. The number of carbonyl (C=O) groups is 2. The minimum absolute atomic E-state index is 0.135. The summed E-state index contributed by atoms with van der Waals surface area (Å²) in [6.45, 7) is 3.34. The zero-order valence-electron chi connectivity index (χ0n) is 13.0. The van der Waals surface area contributed by atoms with Crippen molar-refractivity contribution in [2.75, 3.05) is 0 Å². The monoisotopic (exact) mass is 350 g/mol. The van der Waals surface area contributed by atoms with Crippen LogP contribution in [0.5, 0.6) is 0 Å². The summed E-state index contributed by atoms with van der Waals surface area (Å²) in [6, 6.07) is 10.7. The molecule has 1 heterocycles. The Labute approximate surface area is 144 Å². The van der Waals surface area contributed by atoms with E-state index in [1.54, 1.807) is 6.07 Å². The molecule has 2 rings (SSSR count). The quantitative estimate of drug-likeness (QED) is 0.831. The molecule has 2 N–H and O–H groups in total. The summed E-state index contributed by atoms with van der Waals surface area (Å²) in [4.78, 5) is 24.6. The summed E-state index contributed by atoms with van der Waals surface area (Å²) in [5.74, 6) is -0.292. The summed E-state index contributed by atoms with van der Waals surface area (Å²) in [6.07, 6.45) is 0.189. The molecule has 2 atom stereocenters. The molecule has 4 nitrogen and oxygen atoms in total. The van der Waals surface area contributed by atoms with Crippen LogP contribution in [0.4, 0.5) is 0 Å². The Kier molecular flexibility index (Phi) is 6.19. The predicted molar refractivity (Wildman–Crippen MR) is 93.5 cm³/mol. The van der Waals surface area contributed by atoms with E-state index in [4.69, 9.17) is 11.6 Å². The maximum Gasteiger partial charge on any atom is 0.222 e. The largest absolute Gasteiger partial charge is 0.349 e. The second-order valence-electron chi connectivity index (χ2n) is 5.28. The van der Waals surface area contributed by atoms with Crippen LogP contribution in [0.25, 0.3) is 0 Å². The van der Waals surface area contributed by atoms with E-state index in [-0.39, 0.29) is 30.3 Å². The molecule has 0 fully saturated rings. The molecule has 0 bridgehead atoms. The van der Waals surface area contributed by atoms with Crippen molar-refractivity contribution in [1.29, 1.82) is 0 Å². The Morgan fingerprint density at radius 1 is 1.17 bits per heavy atom. The van der Waals surface area contributed by atoms with Crippen LogP contribution < -0.4 is 10.6 Å². The van der Waals surface area contributed by atoms with E-state index in [0.717, 1.165) is 10.4 Å². The third-order valence-electron chi connectivity index (χ3n) is 3.40. The number of amides is 2. The number of carbonyl (C=O) groups excluding carboxylic acids is 2. The molecule has 122 valence electrons. The predicted octanol–water partition coefficient (Wildman–Crippen LogP) is 3.85. The van der Waals surface area contributed by atoms with Crippen LogP contribution in [-0.2, 0) is 9.59 Å². The molecule has 0 radical (unpaired) electrons. The number of halogens is 1. The van der Waals surface area contributed by atoms with Crippen LogP contribution in [0, 0.1) is 0 Å². The molecule has 0 saturated heterocycles. The Balaban J connectivity index is 2.02. The van der Waals surface area contributed by atoms with E-state index >= 15 is 0 Å². The van der Waals surface area contributed by atoms with Gasteiger partial charge in [0.2, 0.25) is 11.8 Å². The van der Waals surface area contributed by atoms with E-state index in [1.165, 1.54) is 18.3 Å². The summed E-state index contributed by atoms with van der Waals surface area (Å²) < 4.78 is 0. The molecule has 0 aliphatic heterocycles. The van der Waals surface area contributed by atoms with E-state index in [9.17, 15) is 9.59 Å². The van der Waals surface area contributed by atoms with Gasteiger partial charge in [0.1, 0.15) is 0 Å². The first kappa shape index (κ1) is 17.5. The van der Waals surface area contributed by atoms with Crippen molar-refractivity contribution in [1.82, 2.24) is 10.6 Å². The Morgan fingerprint density at radius 3 is 2.52 bits per heavy atom. The van der Waals surface area contributed by atoms with Gasteiger partial charge in [-0.1, -0.05) is 35.9 Å². The van der Waals surface area contributed by atoms with Gasteiger partial charge < -0.3 is 10.6 Å². The minimum Gasteiger partial charge on any atom is -0.349 e. The maximum absolute atomic E-state index is 12.3. The fourth-order valence-corrected chi connectivity index (χ4v) is 3.42. The minimum atomic E-state index is -0.314. The Bertz CT molecular complexity index is 673. The molecule has 0 unspecified atom stereocenters. The highest BCUT2D eigenvalue weighted by atomic mass is 35.5. The zero-order chi connectivity index (χ0) is 16.8. The molecule has 1 aromatic heterocycles. The maximum atomic E-state index is 12.3. The van der Waals surface area contributed by atoms with Crippen LogP contribution >= 0.6 is 22.9 Å². The van der Waals surface area contributed by atoms with E-state index in [2.05, 4.69) is 10.6 Å². The molecule has 6 heteroatoms. The first-order valence-corrected chi connectivity index (χ1v) is 8.57. The molecular weight excluding hydrogens is 332 g/mol. The van der Waals surface area contributed by atoms with Gasteiger partial charge in [-0.2, -0.15) is 0 Å². The lowest BCUT2D eigenvalue weighted by Gasteiger charge is -2.19. The summed E-state index contributed by atoms with van der Waals surface area (Å²) in [7, 11) is 0. The average molecular weight is 351 g/mol. The van der Waals surface area contributed by atoms with Gasteiger partial charge in [0.15, 0.2) is 0 Å². The second-order valence-corrected chi connectivity index (χ2v) is 6.67. The molecule has 0 saturated carbocycles. The van der Waals surface area contributed by atoms with Gasteiger partial charge in [-0.15, -0.1) is 11.3 Å². The van der Waals surface area contributed by atoms with Gasteiger partial charge in [0.25, 0.3) is 0 Å². The number of nitrogens with one attached hydrogen (secondary N) is 2. The van der Waals surface area contributed by atoms with Crippen LogP contribution in [0.3, 0.4) is 0 Å². The molecular formula is C17H19ClN2O2S. The summed E-state index contributed by atoms with van der Waals surface area (Å²) in [5.41, 5.74) is 0.870. The van der Waals surface area contributed by atoms with Crippen molar-refractivity contribution in [2.24, 2.45) is 0 Å². The van der Waals surface area contributed by atoms with E-state index in [0.29, 0.717) is 5.02 Å². The van der Waals surface area contributed by atoms with Crippen molar-refractivity contribution in [2.45, 2.75) is 32.4 Å². The van der Waals surface area contributed by atoms with Gasteiger partial charge in [-0.3, -0.25) is 9.59 Å². The second kappa shape index (κ2) is 8.13. The van der Waals surface area contributed by atoms with Crippen molar-refractivity contribution >= 4 is 34.8 Å². The van der Waals surface area contributed by atoms with Crippen LogP contribution in [0.1, 0.15) is 42.8 Å². The lowest BCUT2D eigenvalue weighted by atomic mass is 10.1. The highest BCUT2D eigenvalue weighted by Gasteiger charge is 2.20. The van der Waals surface area contributed by atoms with Crippen molar-refractivity contribution in [3.8, 4) is 0 Å². The van der Waals surface area contributed by atoms with Crippen molar-refractivity contribution in [3.05, 3.63) is 57.2 Å². The number of hydrogen-bond acceptors (Lipinski definition) is 3. The van der Waals surface area contributed by atoms with Gasteiger partial charge in [0.05, 0.1) is 18.5 Å². The highest BCUT2D eigenvalue weighted by Crippen LogP contribution is 2.24. The summed E-state index contributed by atoms with van der Waals surface area (Å²) in [5, 5.41) is 8.30. The molecule has 2 amide bonds. The Morgan fingerprint density at radius 2 is 1.91 bits per heavy atom. The van der Waals surface area contributed by atoms with Crippen LogP contribution in [0.15, 0.2) is 41.8 Å². The van der Waals surface area contributed by atoms with Gasteiger partial charge in [-0.05, 0) is 30.0 Å². The average Bonchev–Trinajstić information content (AvgIpc) is 3.00. The molecule has 0 aliphatic carbocycles. The SMILES string of the molecule is CC(=O)N[C@@H](CC(=O)N[C@H](C)c1ccccc1Cl)c1cccs1. The van der Waals surface area contributed by atoms with Crippen LogP contribution in [0.2, 0.25) is 5.02 Å². The van der Waals surface area contributed by atoms with Crippen molar-refractivity contribution < 1.29 is 9.59 Å². The number of rotatable bonds is 6. The third-order valence-corrected chi connectivity index (χ3v) is 4.73. The van der Waals surface area contributed by atoms with Gasteiger partial charge >= 0.3 is 0 Å². The zero-order valence-corrected chi connectivity index (χ0v) is 14.6. The fourth-order valence-electron chi connectivity index (χ4n) is 2.35. The molecule has 0 spiro atoms. The standard InChI is InChI=1S/C17H19ClN2O2S/c1-11(13-6-3-4-7-14(13)18)19-17(22)10-15(20-12(2)21)16-8-5-9-23-16/h3-9,11,15H,10H2,1-2H3,(H,19,22)(H,20,21)/t11-,15+/m1/s1. The Hall–Kier alpha value is -1.85. The third kappa shape index (κ3) is 5.08. The first-order valence-electron chi connectivity index (χ1n) is 7.31. The molecule has 0 aliphatic rings. The first-order chi connectivity index (χ1) is 11.0. The molecule has 1 aromatic carbocycles. The lowest BCUT2D eigenvalue weighted by molar-refractivity contribution is -0.123. The van der Waals surface area contributed by atoms with E-state index < -0.39 is 0 Å². The van der Waals surface area contributed by atoms with Crippen LogP contribution in [-0.4, -0.2) is 11.8 Å². The smallest absolute Gasteiger partial charge is 0.222 e. The van der Waals surface area contributed by atoms with Gasteiger partial charge in [0, 0.05) is 16.8 Å². The molecule has 23 heavy (non-hydrogen) atoms. The normalized spacial score (nSPS) is 13.2. The number of benzene rings is 1.